The summed E-state index contributed by atoms with van der Waals surface area (Å²) >= 11 is 3.01. The van der Waals surface area contributed by atoms with Gasteiger partial charge in [-0.25, -0.2) is 24.3 Å². The van der Waals surface area contributed by atoms with Gasteiger partial charge in [0.1, 0.15) is 0 Å². The molecule has 2 aliphatic rings. The van der Waals surface area contributed by atoms with Crippen molar-refractivity contribution in [2.24, 2.45) is 0 Å². The van der Waals surface area contributed by atoms with Crippen LogP contribution in [0.1, 0.15) is 37.8 Å². The Labute approximate surface area is 330 Å². The second-order valence-electron chi connectivity index (χ2n) is 10.3. The van der Waals surface area contributed by atoms with Gasteiger partial charge >= 0.3 is 141 Å². The summed E-state index contributed by atoms with van der Waals surface area (Å²) in [6, 6.07) is 50.3. The quantitative estimate of drug-likeness (QED) is 0.209. The zero-order chi connectivity index (χ0) is 32.7. The zero-order valence-electron chi connectivity index (χ0n) is 27.5. The Hall–Kier alpha value is -2.85. The van der Waals surface area contributed by atoms with Gasteiger partial charge in [-0.15, -0.1) is 72.1 Å². The van der Waals surface area contributed by atoms with Crippen molar-refractivity contribution in [2.75, 3.05) is 0 Å². The van der Waals surface area contributed by atoms with Gasteiger partial charge in [-0.3, -0.25) is 12.2 Å². The first-order valence-electron chi connectivity index (χ1n) is 15.4. The van der Waals surface area contributed by atoms with E-state index in [1.807, 2.05) is 36.4 Å². The molecule has 2 aliphatic carbocycles. The molecule has 0 saturated carbocycles. The molecule has 6 aromatic carbocycles. The number of halogens is 2. The van der Waals surface area contributed by atoms with Crippen LogP contribution in [0.25, 0.3) is 21.5 Å². The average Bonchev–Trinajstić information content (AvgIpc) is 3.96. The molecule has 6 aromatic rings. The molecule has 0 spiro atoms. The Bertz CT molecular complexity index is 1620. The summed E-state index contributed by atoms with van der Waals surface area (Å²) in [6.07, 6.45) is 20.0. The molecule has 0 radical (unpaired) electrons. The third kappa shape index (κ3) is 18.1. The fourth-order valence-electron chi connectivity index (χ4n) is 4.20. The van der Waals surface area contributed by atoms with Crippen molar-refractivity contribution in [1.29, 1.82) is 0 Å². The van der Waals surface area contributed by atoms with Crippen molar-refractivity contribution >= 4 is 28.0 Å². The summed E-state index contributed by atoms with van der Waals surface area (Å²) in [6.45, 7) is 4.32. The van der Waals surface area contributed by atoms with Crippen LogP contribution in [0, 0.1) is 12.2 Å². The minimum absolute atomic E-state index is 0. The maximum Gasteiger partial charge on any atom is -0.0809 e. The van der Waals surface area contributed by atoms with Crippen LogP contribution in [0.2, 0.25) is 0 Å². The van der Waals surface area contributed by atoms with Crippen LogP contribution < -0.4 is 24.8 Å². The minimum Gasteiger partial charge on any atom is -1.00 e. The number of rotatable bonds is 2. The third-order valence-corrected chi connectivity index (χ3v) is 8.10. The summed E-state index contributed by atoms with van der Waals surface area (Å²) in [7, 11) is 0. The van der Waals surface area contributed by atoms with E-state index in [1.54, 1.807) is 0 Å². The predicted molar refractivity (Wildman–Crippen MR) is 195 cm³/mol. The number of fused-ring (bicyclic) bond motifs is 2. The van der Waals surface area contributed by atoms with Crippen molar-refractivity contribution in [3.05, 3.63) is 205 Å². The van der Waals surface area contributed by atoms with Gasteiger partial charge in [-0.1, -0.05) is 12.1 Å². The van der Waals surface area contributed by atoms with Crippen LogP contribution in [-0.2, 0) is 48.5 Å². The second-order valence-corrected chi connectivity index (χ2v) is 14.0. The van der Waals surface area contributed by atoms with Crippen molar-refractivity contribution in [2.45, 2.75) is 26.7 Å². The Morgan fingerprint density at radius 3 is 1.10 bits per heavy atom. The van der Waals surface area contributed by atoms with Crippen molar-refractivity contribution < 1.29 is 73.3 Å². The molecule has 0 heterocycles. The van der Waals surface area contributed by atoms with Gasteiger partial charge in [0.15, 0.2) is 0 Å². The van der Waals surface area contributed by atoms with E-state index in [2.05, 4.69) is 172 Å². The molecule has 0 saturated heterocycles. The molecule has 0 unspecified atom stereocenters. The van der Waals surface area contributed by atoms with Crippen LogP contribution in [0.3, 0.4) is 0 Å². The Morgan fingerprint density at radius 2 is 0.854 bits per heavy atom. The van der Waals surface area contributed by atoms with Crippen LogP contribution in [0.5, 0.6) is 0 Å². The molecule has 0 bridgehead atoms. The normalized spacial score (nSPS) is 11.0. The van der Waals surface area contributed by atoms with Crippen LogP contribution >= 0.6 is 0 Å². The van der Waals surface area contributed by atoms with E-state index >= 15 is 0 Å². The molecule has 0 fully saturated rings. The van der Waals surface area contributed by atoms with E-state index in [0.717, 1.165) is 12.8 Å². The van der Waals surface area contributed by atoms with E-state index in [-0.39, 0.29) is 24.8 Å². The molecule has 0 aromatic heterocycles. The van der Waals surface area contributed by atoms with Gasteiger partial charge in [-0.05, 0) is 0 Å². The molecule has 48 heavy (non-hydrogen) atoms. The predicted octanol–water partition coefficient (Wildman–Crippen LogP) is 5.28. The average molecular weight is 822 g/mol. The van der Waals surface area contributed by atoms with Gasteiger partial charge in [0.2, 0.25) is 0 Å². The van der Waals surface area contributed by atoms with Crippen LogP contribution in [0.4, 0.5) is 0 Å². The SMILES string of the molecule is C[C](=[Zr+2])c1ccccc1.C[C](=[Zr+2])c1ccccc1.[C-]1=CC=CC1.[C-]1=CC=CC1.[Cl-].[Cl-].c1ccc2[cH-]ccc2c1.c1ccc2[cH-]ccc2c1. The Morgan fingerprint density at radius 1 is 0.500 bits per heavy atom. The van der Waals surface area contributed by atoms with Gasteiger partial charge < -0.3 is 24.8 Å². The maximum absolute atomic E-state index is 2.99. The van der Waals surface area contributed by atoms with Gasteiger partial charge in [0, 0.05) is 0 Å². The molecule has 0 nitrogen and oxygen atoms in total. The zero-order valence-corrected chi connectivity index (χ0v) is 33.9. The molecule has 4 heteroatoms. The molecule has 0 atom stereocenters. The minimum atomic E-state index is 0. The summed E-state index contributed by atoms with van der Waals surface area (Å²) in [5, 5.41) is 5.32. The first-order valence-corrected chi connectivity index (χ1v) is 17.9. The molecule has 0 amide bonds. The van der Waals surface area contributed by atoms with Gasteiger partial charge in [0.05, 0.1) is 0 Å². The van der Waals surface area contributed by atoms with E-state index in [4.69, 9.17) is 0 Å². The summed E-state index contributed by atoms with van der Waals surface area (Å²) < 4.78 is 2.92. The molecule has 240 valence electrons. The second kappa shape index (κ2) is 27.0. The molecular formula is C44H40Cl2Zr2-2. The topological polar surface area (TPSA) is 0 Å². The standard InChI is InChI=1S/2C9H7.2C8H8.2C5H5.2ClH.2Zr/c2*1-2-5-9-7-3-6-8(9)4-1;2*1-2-8-6-4-3-5-7-8;2*1-2-4-5-3-1;;;;/h2*1-7H;2*3-7H,1H3;2*1-3H,4H2;2*1H;;/q2*-1;;;2*-1;;;2*+2/p-2. The number of hydrogen-bond donors (Lipinski definition) is 0. The number of hydrogen-bond acceptors (Lipinski definition) is 0. The van der Waals surface area contributed by atoms with Crippen molar-refractivity contribution in [3.8, 4) is 0 Å². The summed E-state index contributed by atoms with van der Waals surface area (Å²) in [4.78, 5) is 0. The molecular weight excluding hydrogens is 782 g/mol. The molecule has 0 aliphatic heterocycles. The van der Waals surface area contributed by atoms with Crippen molar-refractivity contribution in [1.82, 2.24) is 0 Å². The van der Waals surface area contributed by atoms with E-state index in [1.165, 1.54) is 87.6 Å². The first kappa shape index (κ1) is 43.2. The van der Waals surface area contributed by atoms with Crippen LogP contribution in [-0.4, -0.2) is 6.41 Å². The summed E-state index contributed by atoms with van der Waals surface area (Å²) in [5.41, 5.74) is 2.74. The van der Waals surface area contributed by atoms with Crippen LogP contribution in [0.15, 0.2) is 182 Å². The van der Waals surface area contributed by atoms with Gasteiger partial charge in [-0.2, -0.15) is 47.2 Å². The molecule has 0 N–H and O–H groups in total. The Kier molecular flexibility index (Phi) is 24.3. The van der Waals surface area contributed by atoms with E-state index in [9.17, 15) is 0 Å². The van der Waals surface area contributed by atoms with Crippen molar-refractivity contribution in [3.63, 3.8) is 0 Å². The number of allylic oxidation sites excluding steroid dienone is 8. The monoisotopic (exact) mass is 818 g/mol. The molecule has 8 rings (SSSR count). The van der Waals surface area contributed by atoms with E-state index < -0.39 is 0 Å². The smallest absolute Gasteiger partial charge is 0.0809 e. The Balaban J connectivity index is 0.000000290. The fraction of sp³-hybridized carbons (Fsp3) is 0.0909. The maximum atomic E-state index is 2.99. The third-order valence-electron chi connectivity index (χ3n) is 6.68. The first-order chi connectivity index (χ1) is 22.5. The fourth-order valence-corrected chi connectivity index (χ4v) is 5.02. The summed E-state index contributed by atoms with van der Waals surface area (Å²) in [5.74, 6) is 0. The van der Waals surface area contributed by atoms with Gasteiger partial charge in [0.25, 0.3) is 0 Å². The largest absolute Gasteiger partial charge is 1.00 e. The number of benzene rings is 4. The van der Waals surface area contributed by atoms with E-state index in [0.29, 0.717) is 0 Å².